The molecule has 33 heavy (non-hydrogen) atoms. The van der Waals surface area contributed by atoms with Crippen LogP contribution < -0.4 is 16.2 Å². The molecule has 0 radical (unpaired) electrons. The lowest BCUT2D eigenvalue weighted by Gasteiger charge is -2.15. The maximum atomic E-state index is 12.5. The average Bonchev–Trinajstić information content (AvgIpc) is 2.83. The Morgan fingerprint density at radius 1 is 0.636 bits per heavy atom. The van der Waals surface area contributed by atoms with Gasteiger partial charge in [-0.25, -0.2) is 0 Å². The number of benzene rings is 4. The summed E-state index contributed by atoms with van der Waals surface area (Å²) < 4.78 is 0. The Morgan fingerprint density at radius 3 is 1.70 bits per heavy atom. The molecule has 0 aliphatic rings. The largest absolute Gasteiger partial charge is 0.344 e. The van der Waals surface area contributed by atoms with Crippen LogP contribution in [0.4, 0.5) is 0 Å². The molecule has 4 aromatic rings. The van der Waals surface area contributed by atoms with E-state index in [1.54, 1.807) is 6.92 Å². The number of hydrogen-bond donors (Lipinski definition) is 3. The molecule has 0 fully saturated rings. The van der Waals surface area contributed by atoms with E-state index in [1.165, 1.54) is 0 Å². The second-order valence-electron chi connectivity index (χ2n) is 7.96. The van der Waals surface area contributed by atoms with E-state index in [0.29, 0.717) is 0 Å². The highest BCUT2D eigenvalue weighted by Gasteiger charge is 2.17. The van der Waals surface area contributed by atoms with Crippen LogP contribution in [-0.2, 0) is 27.2 Å². The van der Waals surface area contributed by atoms with Crippen LogP contribution in [0.3, 0.4) is 0 Å². The zero-order valence-corrected chi connectivity index (χ0v) is 18.3. The molecule has 0 aliphatic carbocycles. The van der Waals surface area contributed by atoms with Gasteiger partial charge in [0.15, 0.2) is 0 Å². The third-order valence-electron chi connectivity index (χ3n) is 5.56. The molecular weight excluding hydrogens is 414 g/mol. The molecule has 3 amide bonds. The second kappa shape index (κ2) is 9.96. The van der Waals surface area contributed by atoms with Crippen molar-refractivity contribution < 1.29 is 14.4 Å². The van der Waals surface area contributed by atoms with E-state index < -0.39 is 11.9 Å². The summed E-state index contributed by atoms with van der Waals surface area (Å²) in [6.45, 7) is 1.58. The summed E-state index contributed by atoms with van der Waals surface area (Å²) in [5, 5.41) is 6.80. The molecule has 0 spiro atoms. The Kier molecular flexibility index (Phi) is 6.64. The van der Waals surface area contributed by atoms with Gasteiger partial charge in [-0.3, -0.25) is 25.2 Å². The number of nitrogens with one attached hydrogen (secondary N) is 3. The van der Waals surface area contributed by atoms with Crippen molar-refractivity contribution >= 4 is 39.3 Å². The molecule has 3 N–H and O–H groups in total. The number of hydrazine groups is 1. The van der Waals surface area contributed by atoms with Gasteiger partial charge in [-0.05, 0) is 39.6 Å². The molecule has 0 bridgehead atoms. The van der Waals surface area contributed by atoms with Crippen molar-refractivity contribution in [1.82, 2.24) is 16.2 Å². The van der Waals surface area contributed by atoms with Gasteiger partial charge in [-0.1, -0.05) is 84.9 Å². The smallest absolute Gasteiger partial charge is 0.260 e. The normalized spacial score (nSPS) is 11.7. The third-order valence-corrected chi connectivity index (χ3v) is 5.56. The molecule has 0 heterocycles. The Hall–Kier alpha value is -4.19. The van der Waals surface area contributed by atoms with Crippen molar-refractivity contribution in [3.05, 3.63) is 96.1 Å². The Morgan fingerprint density at radius 2 is 1.12 bits per heavy atom. The molecule has 6 heteroatoms. The Labute approximate surface area is 192 Å². The molecule has 4 rings (SSSR count). The maximum Gasteiger partial charge on any atom is 0.260 e. The van der Waals surface area contributed by atoms with Crippen LogP contribution in [-0.4, -0.2) is 23.8 Å². The second-order valence-corrected chi connectivity index (χ2v) is 7.96. The summed E-state index contributed by atoms with van der Waals surface area (Å²) >= 11 is 0. The van der Waals surface area contributed by atoms with E-state index in [2.05, 4.69) is 16.2 Å². The van der Waals surface area contributed by atoms with Crippen molar-refractivity contribution in [3.63, 3.8) is 0 Å². The van der Waals surface area contributed by atoms with Gasteiger partial charge in [-0.15, -0.1) is 0 Å². The number of hydrogen-bond acceptors (Lipinski definition) is 3. The molecule has 0 aliphatic heterocycles. The molecule has 0 saturated carbocycles. The van der Waals surface area contributed by atoms with E-state index in [1.807, 2.05) is 84.9 Å². The number of fused-ring (bicyclic) bond motifs is 2. The standard InChI is InChI=1S/C27H25N3O3/c1-18(28-25(31)16-21-12-6-10-19-8-2-4-14-23(19)21)27(33)30-29-26(32)17-22-13-7-11-20-9-3-5-15-24(20)22/h2-15,18H,16-17H2,1H3,(H,28,31)(H,29,32)(H,30,33). The van der Waals surface area contributed by atoms with E-state index in [0.717, 1.165) is 32.7 Å². The Balaban J connectivity index is 1.29. The van der Waals surface area contributed by atoms with Crippen molar-refractivity contribution in [2.24, 2.45) is 0 Å². The number of carbonyl (C=O) groups excluding carboxylic acids is 3. The van der Waals surface area contributed by atoms with Gasteiger partial charge in [-0.2, -0.15) is 0 Å². The first kappa shape index (κ1) is 22.0. The molecule has 0 saturated heterocycles. The average molecular weight is 440 g/mol. The van der Waals surface area contributed by atoms with E-state index in [4.69, 9.17) is 0 Å². The van der Waals surface area contributed by atoms with Gasteiger partial charge >= 0.3 is 0 Å². The quantitative estimate of drug-likeness (QED) is 0.402. The van der Waals surface area contributed by atoms with Crippen LogP contribution in [0.25, 0.3) is 21.5 Å². The third kappa shape index (κ3) is 5.36. The molecule has 166 valence electrons. The van der Waals surface area contributed by atoms with Crippen LogP contribution in [0.2, 0.25) is 0 Å². The summed E-state index contributed by atoms with van der Waals surface area (Å²) in [6, 6.07) is 26.5. The van der Waals surface area contributed by atoms with Crippen LogP contribution in [0.1, 0.15) is 18.1 Å². The van der Waals surface area contributed by atoms with Gasteiger partial charge in [0.1, 0.15) is 6.04 Å². The predicted molar refractivity (Wildman–Crippen MR) is 129 cm³/mol. The van der Waals surface area contributed by atoms with Crippen molar-refractivity contribution in [2.75, 3.05) is 0 Å². The van der Waals surface area contributed by atoms with E-state index >= 15 is 0 Å². The van der Waals surface area contributed by atoms with E-state index in [-0.39, 0.29) is 24.7 Å². The highest BCUT2D eigenvalue weighted by atomic mass is 16.2. The maximum absolute atomic E-state index is 12.5. The number of rotatable bonds is 6. The fraction of sp³-hybridized carbons (Fsp3) is 0.148. The van der Waals surface area contributed by atoms with Crippen LogP contribution >= 0.6 is 0 Å². The molecule has 1 unspecified atom stereocenters. The van der Waals surface area contributed by atoms with Crippen LogP contribution in [0.5, 0.6) is 0 Å². The Bertz CT molecular complexity index is 1320. The van der Waals surface area contributed by atoms with Gasteiger partial charge in [0.25, 0.3) is 5.91 Å². The molecular formula is C27H25N3O3. The minimum Gasteiger partial charge on any atom is -0.344 e. The number of amides is 3. The zero-order chi connectivity index (χ0) is 23.2. The minimum atomic E-state index is -0.801. The highest BCUT2D eigenvalue weighted by Crippen LogP contribution is 2.19. The van der Waals surface area contributed by atoms with Crippen LogP contribution in [0.15, 0.2) is 84.9 Å². The van der Waals surface area contributed by atoms with E-state index in [9.17, 15) is 14.4 Å². The van der Waals surface area contributed by atoms with Gasteiger partial charge < -0.3 is 5.32 Å². The van der Waals surface area contributed by atoms with Gasteiger partial charge in [0, 0.05) is 0 Å². The topological polar surface area (TPSA) is 87.3 Å². The van der Waals surface area contributed by atoms with Gasteiger partial charge in [0.2, 0.25) is 11.8 Å². The van der Waals surface area contributed by atoms with Crippen molar-refractivity contribution in [3.8, 4) is 0 Å². The summed E-state index contributed by atoms with van der Waals surface area (Å²) in [4.78, 5) is 37.2. The first-order valence-electron chi connectivity index (χ1n) is 10.8. The minimum absolute atomic E-state index is 0.128. The monoisotopic (exact) mass is 439 g/mol. The molecule has 0 aromatic heterocycles. The van der Waals surface area contributed by atoms with Crippen molar-refractivity contribution in [2.45, 2.75) is 25.8 Å². The van der Waals surface area contributed by atoms with Crippen molar-refractivity contribution in [1.29, 1.82) is 0 Å². The first-order valence-corrected chi connectivity index (χ1v) is 10.8. The highest BCUT2D eigenvalue weighted by molar-refractivity contribution is 5.94. The lowest BCUT2D eigenvalue weighted by atomic mass is 10.0. The SMILES string of the molecule is CC(NC(=O)Cc1cccc2ccccc12)C(=O)NNC(=O)Cc1cccc2ccccc12. The first-order chi connectivity index (χ1) is 16.0. The lowest BCUT2D eigenvalue weighted by Crippen LogP contribution is -2.51. The van der Waals surface area contributed by atoms with Crippen LogP contribution in [0, 0.1) is 0 Å². The van der Waals surface area contributed by atoms with Gasteiger partial charge in [0.05, 0.1) is 12.8 Å². The summed E-state index contributed by atoms with van der Waals surface area (Å²) in [5.41, 5.74) is 6.59. The summed E-state index contributed by atoms with van der Waals surface area (Å²) in [6.07, 6.45) is 0.288. The molecule has 1 atom stereocenters. The number of carbonyl (C=O) groups is 3. The summed E-state index contributed by atoms with van der Waals surface area (Å²) in [7, 11) is 0. The molecule has 6 nitrogen and oxygen atoms in total. The predicted octanol–water partition coefficient (Wildman–Crippen LogP) is 3.43. The fourth-order valence-corrected chi connectivity index (χ4v) is 3.88. The summed E-state index contributed by atoms with van der Waals surface area (Å²) in [5.74, 6) is -1.10. The molecule has 4 aromatic carbocycles. The zero-order valence-electron chi connectivity index (χ0n) is 18.3. The lowest BCUT2D eigenvalue weighted by molar-refractivity contribution is -0.131. The fourth-order valence-electron chi connectivity index (χ4n) is 3.88.